The van der Waals surface area contributed by atoms with Crippen molar-refractivity contribution >= 4 is 12.0 Å². The van der Waals surface area contributed by atoms with Crippen LogP contribution in [0.1, 0.15) is 16.1 Å². The SMILES string of the molecule is C=Cc1cc(C(=O)O)c(O)cn1. The van der Waals surface area contributed by atoms with Gasteiger partial charge in [0, 0.05) is 0 Å². The number of rotatable bonds is 2. The van der Waals surface area contributed by atoms with Crippen molar-refractivity contribution in [2.24, 2.45) is 0 Å². The third-order valence-electron chi connectivity index (χ3n) is 1.34. The first-order chi connectivity index (χ1) is 5.65. The van der Waals surface area contributed by atoms with Gasteiger partial charge >= 0.3 is 5.97 Å². The average Bonchev–Trinajstić information content (AvgIpc) is 2.05. The Labute approximate surface area is 68.8 Å². The molecule has 1 heterocycles. The first-order valence-corrected chi connectivity index (χ1v) is 3.20. The van der Waals surface area contributed by atoms with Crippen LogP contribution in [0.15, 0.2) is 18.8 Å². The number of carboxylic acids is 1. The Bertz CT molecular complexity index is 333. The molecule has 1 aromatic heterocycles. The highest BCUT2D eigenvalue weighted by molar-refractivity contribution is 5.91. The highest BCUT2D eigenvalue weighted by Gasteiger charge is 2.09. The van der Waals surface area contributed by atoms with E-state index in [0.717, 1.165) is 6.20 Å². The van der Waals surface area contributed by atoms with Crippen molar-refractivity contribution in [3.63, 3.8) is 0 Å². The predicted octanol–water partition coefficient (Wildman–Crippen LogP) is 1.13. The number of aromatic hydroxyl groups is 1. The van der Waals surface area contributed by atoms with Gasteiger partial charge in [0.05, 0.1) is 11.9 Å². The Morgan fingerprint density at radius 1 is 1.67 bits per heavy atom. The summed E-state index contributed by atoms with van der Waals surface area (Å²) in [6, 6.07) is 1.25. The van der Waals surface area contributed by atoms with Crippen LogP contribution in [-0.4, -0.2) is 21.2 Å². The number of carbonyl (C=O) groups is 1. The summed E-state index contributed by atoms with van der Waals surface area (Å²) in [5.41, 5.74) is 0.255. The molecular weight excluding hydrogens is 158 g/mol. The van der Waals surface area contributed by atoms with Crippen molar-refractivity contribution < 1.29 is 15.0 Å². The van der Waals surface area contributed by atoms with Crippen LogP contribution in [0.3, 0.4) is 0 Å². The lowest BCUT2D eigenvalue weighted by atomic mass is 10.2. The van der Waals surface area contributed by atoms with E-state index >= 15 is 0 Å². The Morgan fingerprint density at radius 3 is 2.83 bits per heavy atom. The molecule has 12 heavy (non-hydrogen) atoms. The Morgan fingerprint density at radius 2 is 2.33 bits per heavy atom. The van der Waals surface area contributed by atoms with E-state index < -0.39 is 5.97 Å². The molecule has 0 aliphatic rings. The molecule has 0 fully saturated rings. The standard InChI is InChI=1S/C8H7NO3/c1-2-5-3-6(8(11)12)7(10)4-9-5/h2-4,10H,1H2,(H,11,12). The minimum Gasteiger partial charge on any atom is -0.505 e. The maximum atomic E-state index is 10.5. The molecule has 1 rings (SSSR count). The van der Waals surface area contributed by atoms with Gasteiger partial charge in [0.25, 0.3) is 0 Å². The maximum Gasteiger partial charge on any atom is 0.339 e. The van der Waals surface area contributed by atoms with Crippen molar-refractivity contribution in [3.8, 4) is 5.75 Å². The van der Waals surface area contributed by atoms with Crippen LogP contribution in [0.2, 0.25) is 0 Å². The first-order valence-electron chi connectivity index (χ1n) is 3.20. The maximum absolute atomic E-state index is 10.5. The molecule has 0 atom stereocenters. The molecule has 0 spiro atoms. The molecule has 2 N–H and O–H groups in total. The molecule has 0 unspecified atom stereocenters. The van der Waals surface area contributed by atoms with Crippen molar-refractivity contribution in [2.75, 3.05) is 0 Å². The highest BCUT2D eigenvalue weighted by atomic mass is 16.4. The smallest absolute Gasteiger partial charge is 0.339 e. The van der Waals surface area contributed by atoms with E-state index in [1.807, 2.05) is 0 Å². The number of aromatic carboxylic acids is 1. The van der Waals surface area contributed by atoms with Crippen LogP contribution < -0.4 is 0 Å². The molecule has 0 saturated heterocycles. The molecule has 0 radical (unpaired) electrons. The quantitative estimate of drug-likeness (QED) is 0.689. The largest absolute Gasteiger partial charge is 0.505 e. The van der Waals surface area contributed by atoms with Crippen LogP contribution in [0.25, 0.3) is 6.08 Å². The molecular formula is C8H7NO3. The van der Waals surface area contributed by atoms with Gasteiger partial charge in [-0.25, -0.2) is 4.79 Å². The lowest BCUT2D eigenvalue weighted by Crippen LogP contribution is -1.98. The molecule has 62 valence electrons. The molecule has 0 amide bonds. The lowest BCUT2D eigenvalue weighted by molar-refractivity contribution is 0.0693. The summed E-state index contributed by atoms with van der Waals surface area (Å²) in [6.45, 7) is 3.42. The predicted molar refractivity (Wildman–Crippen MR) is 43.0 cm³/mol. The molecule has 1 aromatic rings. The molecule has 0 aliphatic carbocycles. The summed E-state index contributed by atoms with van der Waals surface area (Å²) in [6.07, 6.45) is 2.49. The minimum atomic E-state index is -1.18. The van der Waals surface area contributed by atoms with E-state index in [1.165, 1.54) is 12.1 Å². The summed E-state index contributed by atoms with van der Waals surface area (Å²) < 4.78 is 0. The zero-order valence-electron chi connectivity index (χ0n) is 6.19. The summed E-state index contributed by atoms with van der Waals surface area (Å²) in [4.78, 5) is 14.2. The number of carboxylic acid groups (broad SMARTS) is 1. The van der Waals surface area contributed by atoms with Gasteiger partial charge in [-0.3, -0.25) is 4.98 Å². The van der Waals surface area contributed by atoms with Gasteiger partial charge < -0.3 is 10.2 Å². The summed E-state index contributed by atoms with van der Waals surface area (Å²) >= 11 is 0. The van der Waals surface area contributed by atoms with Gasteiger partial charge in [-0.05, 0) is 12.1 Å². The summed E-state index contributed by atoms with van der Waals surface area (Å²) in [7, 11) is 0. The number of pyridine rings is 1. The fourth-order valence-corrected chi connectivity index (χ4v) is 0.747. The zero-order valence-corrected chi connectivity index (χ0v) is 6.19. The fourth-order valence-electron chi connectivity index (χ4n) is 0.747. The van der Waals surface area contributed by atoms with Crippen molar-refractivity contribution in [3.05, 3.63) is 30.1 Å². The number of aromatic nitrogens is 1. The molecule has 0 saturated carbocycles. The van der Waals surface area contributed by atoms with Crippen molar-refractivity contribution in [1.29, 1.82) is 0 Å². The number of nitrogens with zero attached hydrogens (tertiary/aromatic N) is 1. The van der Waals surface area contributed by atoms with Gasteiger partial charge in [0.1, 0.15) is 11.3 Å². The fraction of sp³-hybridized carbons (Fsp3) is 0. The molecule has 0 bridgehead atoms. The van der Waals surface area contributed by atoms with E-state index in [0.29, 0.717) is 5.69 Å². The van der Waals surface area contributed by atoms with E-state index in [4.69, 9.17) is 10.2 Å². The normalized spacial score (nSPS) is 9.33. The summed E-state index contributed by atoms with van der Waals surface area (Å²) in [5, 5.41) is 17.6. The molecule has 4 nitrogen and oxygen atoms in total. The average molecular weight is 165 g/mol. The van der Waals surface area contributed by atoms with E-state index in [9.17, 15) is 4.79 Å². The number of hydrogen-bond donors (Lipinski definition) is 2. The minimum absolute atomic E-state index is 0.167. The Hall–Kier alpha value is -1.84. The highest BCUT2D eigenvalue weighted by Crippen LogP contribution is 2.16. The molecule has 0 aliphatic heterocycles. The topological polar surface area (TPSA) is 70.4 Å². The second kappa shape index (κ2) is 3.04. The van der Waals surface area contributed by atoms with Gasteiger partial charge in [0.2, 0.25) is 0 Å². The van der Waals surface area contributed by atoms with Crippen LogP contribution in [0.4, 0.5) is 0 Å². The van der Waals surface area contributed by atoms with E-state index in [1.54, 1.807) is 0 Å². The monoisotopic (exact) mass is 165 g/mol. The summed E-state index contributed by atoms with van der Waals surface area (Å²) in [5.74, 6) is -1.52. The first kappa shape index (κ1) is 8.26. The van der Waals surface area contributed by atoms with E-state index in [2.05, 4.69) is 11.6 Å². The zero-order chi connectivity index (χ0) is 9.14. The lowest BCUT2D eigenvalue weighted by Gasteiger charge is -1.98. The van der Waals surface area contributed by atoms with Gasteiger partial charge in [0.15, 0.2) is 0 Å². The Balaban J connectivity index is 3.25. The van der Waals surface area contributed by atoms with E-state index in [-0.39, 0.29) is 11.3 Å². The second-order valence-corrected chi connectivity index (χ2v) is 2.14. The van der Waals surface area contributed by atoms with Gasteiger partial charge in [-0.2, -0.15) is 0 Å². The third kappa shape index (κ3) is 1.42. The number of hydrogen-bond acceptors (Lipinski definition) is 3. The third-order valence-corrected chi connectivity index (χ3v) is 1.34. The molecule has 4 heteroatoms. The van der Waals surface area contributed by atoms with Gasteiger partial charge in [-0.1, -0.05) is 6.58 Å². The van der Waals surface area contributed by atoms with Gasteiger partial charge in [-0.15, -0.1) is 0 Å². The van der Waals surface area contributed by atoms with Crippen LogP contribution in [-0.2, 0) is 0 Å². The van der Waals surface area contributed by atoms with Crippen molar-refractivity contribution in [1.82, 2.24) is 4.98 Å². The van der Waals surface area contributed by atoms with Crippen molar-refractivity contribution in [2.45, 2.75) is 0 Å². The second-order valence-electron chi connectivity index (χ2n) is 2.14. The van der Waals surface area contributed by atoms with Crippen LogP contribution in [0, 0.1) is 0 Å². The van der Waals surface area contributed by atoms with Crippen LogP contribution in [0.5, 0.6) is 5.75 Å². The Kier molecular flexibility index (Phi) is 2.09. The molecule has 0 aromatic carbocycles. The van der Waals surface area contributed by atoms with Crippen LogP contribution >= 0.6 is 0 Å².